The van der Waals surface area contributed by atoms with E-state index in [1.807, 2.05) is 13.1 Å². The van der Waals surface area contributed by atoms with Crippen LogP contribution in [0.4, 0.5) is 5.95 Å². The Balaban J connectivity index is 1.52. The number of amides is 1. The quantitative estimate of drug-likeness (QED) is 0.574. The molecule has 0 fully saturated rings. The van der Waals surface area contributed by atoms with E-state index < -0.39 is 0 Å². The Kier molecular flexibility index (Phi) is 3.87. The number of pyridine rings is 1. The van der Waals surface area contributed by atoms with E-state index in [0.717, 1.165) is 10.7 Å². The van der Waals surface area contributed by atoms with E-state index in [1.54, 1.807) is 28.2 Å². The normalized spacial score (nSPS) is 11.5. The second kappa shape index (κ2) is 6.10. The van der Waals surface area contributed by atoms with Crippen molar-refractivity contribution in [3.63, 3.8) is 0 Å². The molecule has 0 spiro atoms. The Morgan fingerprint density at radius 3 is 2.88 bits per heavy atom. The zero-order valence-electron chi connectivity index (χ0n) is 14.8. The molecule has 4 aromatic rings. The van der Waals surface area contributed by atoms with E-state index in [0.29, 0.717) is 35.8 Å². The minimum absolute atomic E-state index is 0.215. The molecule has 0 aliphatic carbocycles. The lowest BCUT2D eigenvalue weighted by Gasteiger charge is -2.04. The van der Waals surface area contributed by atoms with Gasteiger partial charge in [-0.05, 0) is 26.8 Å². The first-order valence-electron chi connectivity index (χ1n) is 8.32. The average Bonchev–Trinajstić information content (AvgIpc) is 3.24. The molecule has 0 aliphatic heterocycles. The highest BCUT2D eigenvalue weighted by molar-refractivity contribution is 7.17. The van der Waals surface area contributed by atoms with Crippen LogP contribution in [0.3, 0.4) is 0 Å². The summed E-state index contributed by atoms with van der Waals surface area (Å²) in [5, 5.41) is 2.88. The fraction of sp³-hybridized carbons (Fsp3) is 0.294. The molecule has 0 atom stereocenters. The SMILES string of the molecule is CCn1c(N)nc2cc(C(=O)NCc3cn4c(C)c(C)sc4n3)cnc21. The van der Waals surface area contributed by atoms with Gasteiger partial charge in [-0.25, -0.2) is 15.0 Å². The Labute approximate surface area is 153 Å². The van der Waals surface area contributed by atoms with E-state index in [2.05, 4.69) is 38.5 Å². The highest BCUT2D eigenvalue weighted by Gasteiger charge is 2.14. The molecule has 4 aromatic heterocycles. The number of rotatable bonds is 4. The molecule has 0 saturated carbocycles. The Bertz CT molecular complexity index is 1140. The number of thiazole rings is 1. The third-order valence-electron chi connectivity index (χ3n) is 4.46. The Morgan fingerprint density at radius 2 is 2.15 bits per heavy atom. The first kappa shape index (κ1) is 16.5. The van der Waals surface area contributed by atoms with Crippen molar-refractivity contribution in [2.24, 2.45) is 0 Å². The van der Waals surface area contributed by atoms with Crippen molar-refractivity contribution in [2.75, 3.05) is 5.73 Å². The number of nitrogens with zero attached hydrogens (tertiary/aromatic N) is 5. The molecule has 134 valence electrons. The van der Waals surface area contributed by atoms with Crippen molar-refractivity contribution in [2.45, 2.75) is 33.9 Å². The molecule has 26 heavy (non-hydrogen) atoms. The zero-order chi connectivity index (χ0) is 18.4. The van der Waals surface area contributed by atoms with Gasteiger partial charge in [-0.3, -0.25) is 13.8 Å². The maximum atomic E-state index is 12.4. The lowest BCUT2D eigenvalue weighted by Crippen LogP contribution is -2.23. The molecule has 4 heterocycles. The van der Waals surface area contributed by atoms with Gasteiger partial charge in [0, 0.05) is 29.5 Å². The van der Waals surface area contributed by atoms with Gasteiger partial charge < -0.3 is 11.1 Å². The van der Waals surface area contributed by atoms with Crippen LogP contribution in [-0.4, -0.2) is 29.8 Å². The molecule has 0 bridgehead atoms. The topological polar surface area (TPSA) is 103 Å². The molecule has 0 unspecified atom stereocenters. The minimum Gasteiger partial charge on any atom is -0.369 e. The van der Waals surface area contributed by atoms with Crippen LogP contribution in [-0.2, 0) is 13.1 Å². The van der Waals surface area contributed by atoms with Crippen LogP contribution in [0.5, 0.6) is 0 Å². The van der Waals surface area contributed by atoms with Gasteiger partial charge in [0.05, 0.1) is 17.8 Å². The molecule has 4 rings (SSSR count). The van der Waals surface area contributed by atoms with Crippen molar-refractivity contribution in [1.82, 2.24) is 29.2 Å². The largest absolute Gasteiger partial charge is 0.369 e. The number of nitrogens with one attached hydrogen (secondary N) is 1. The van der Waals surface area contributed by atoms with Crippen LogP contribution in [0.25, 0.3) is 16.1 Å². The van der Waals surface area contributed by atoms with E-state index in [9.17, 15) is 4.79 Å². The molecular weight excluding hydrogens is 350 g/mol. The monoisotopic (exact) mass is 369 g/mol. The van der Waals surface area contributed by atoms with Crippen molar-refractivity contribution in [3.8, 4) is 0 Å². The standard InChI is InChI=1S/C17H19N7OS/c1-4-23-14-13(22-16(23)18)5-11(6-19-14)15(25)20-7-12-8-24-9(2)10(3)26-17(24)21-12/h5-6,8H,4,7H2,1-3H3,(H2,18,22)(H,20,25). The number of carbonyl (C=O) groups excluding carboxylic acids is 1. The summed E-state index contributed by atoms with van der Waals surface area (Å²) >= 11 is 1.64. The number of fused-ring (bicyclic) bond motifs is 2. The fourth-order valence-corrected chi connectivity index (χ4v) is 3.90. The summed E-state index contributed by atoms with van der Waals surface area (Å²) in [6, 6.07) is 1.71. The average molecular weight is 369 g/mol. The highest BCUT2D eigenvalue weighted by Crippen LogP contribution is 2.22. The van der Waals surface area contributed by atoms with Crippen molar-refractivity contribution in [1.29, 1.82) is 0 Å². The number of aromatic nitrogens is 5. The van der Waals surface area contributed by atoms with Crippen LogP contribution in [0.15, 0.2) is 18.5 Å². The summed E-state index contributed by atoms with van der Waals surface area (Å²) in [5.41, 5.74) is 9.62. The molecule has 9 heteroatoms. The van der Waals surface area contributed by atoms with Crippen LogP contribution < -0.4 is 11.1 Å². The Hall–Kier alpha value is -2.94. The van der Waals surface area contributed by atoms with Crippen molar-refractivity contribution < 1.29 is 4.79 Å². The van der Waals surface area contributed by atoms with Gasteiger partial charge in [0.2, 0.25) is 5.95 Å². The van der Waals surface area contributed by atoms with Gasteiger partial charge >= 0.3 is 0 Å². The number of carbonyl (C=O) groups is 1. The Morgan fingerprint density at radius 1 is 1.35 bits per heavy atom. The molecule has 3 N–H and O–H groups in total. The van der Waals surface area contributed by atoms with Crippen LogP contribution in [0, 0.1) is 13.8 Å². The predicted molar refractivity (Wildman–Crippen MR) is 101 cm³/mol. The van der Waals surface area contributed by atoms with Gasteiger partial charge in [-0.15, -0.1) is 11.3 Å². The number of nitrogen functional groups attached to an aromatic ring is 1. The number of anilines is 1. The van der Waals surface area contributed by atoms with E-state index >= 15 is 0 Å². The maximum absolute atomic E-state index is 12.4. The molecule has 0 radical (unpaired) electrons. The van der Waals surface area contributed by atoms with E-state index in [4.69, 9.17) is 5.73 Å². The number of hydrogen-bond donors (Lipinski definition) is 2. The summed E-state index contributed by atoms with van der Waals surface area (Å²) in [6.45, 7) is 7.14. The lowest BCUT2D eigenvalue weighted by molar-refractivity contribution is 0.0950. The molecule has 0 saturated heterocycles. The summed E-state index contributed by atoms with van der Waals surface area (Å²) in [5.74, 6) is 0.185. The van der Waals surface area contributed by atoms with Gasteiger partial charge in [-0.1, -0.05) is 0 Å². The summed E-state index contributed by atoms with van der Waals surface area (Å²) in [7, 11) is 0. The molecule has 1 amide bonds. The highest BCUT2D eigenvalue weighted by atomic mass is 32.1. The third kappa shape index (κ3) is 2.60. The van der Waals surface area contributed by atoms with Crippen LogP contribution >= 0.6 is 11.3 Å². The zero-order valence-corrected chi connectivity index (χ0v) is 15.6. The molecular formula is C17H19N7OS. The number of nitrogens with two attached hydrogens (primary N) is 1. The predicted octanol–water partition coefficient (Wildman–Crippen LogP) is 2.29. The smallest absolute Gasteiger partial charge is 0.253 e. The fourth-order valence-electron chi connectivity index (χ4n) is 2.92. The first-order chi connectivity index (χ1) is 12.5. The summed E-state index contributed by atoms with van der Waals surface area (Å²) in [4.78, 5) is 27.8. The summed E-state index contributed by atoms with van der Waals surface area (Å²) in [6.07, 6.45) is 3.50. The minimum atomic E-state index is -0.215. The van der Waals surface area contributed by atoms with Crippen LogP contribution in [0.2, 0.25) is 0 Å². The molecule has 8 nitrogen and oxygen atoms in total. The number of imidazole rings is 2. The maximum Gasteiger partial charge on any atom is 0.253 e. The summed E-state index contributed by atoms with van der Waals surface area (Å²) < 4.78 is 3.86. The second-order valence-corrected chi connectivity index (χ2v) is 7.27. The van der Waals surface area contributed by atoms with Crippen LogP contribution in [0.1, 0.15) is 33.5 Å². The molecule has 0 aromatic carbocycles. The number of hydrogen-bond acceptors (Lipinski definition) is 6. The molecule has 0 aliphatic rings. The van der Waals surface area contributed by atoms with Crippen molar-refractivity contribution in [3.05, 3.63) is 40.3 Å². The van der Waals surface area contributed by atoms with Gasteiger partial charge in [0.1, 0.15) is 5.52 Å². The third-order valence-corrected chi connectivity index (χ3v) is 5.53. The van der Waals surface area contributed by atoms with Gasteiger partial charge in [0.25, 0.3) is 5.91 Å². The first-order valence-corrected chi connectivity index (χ1v) is 9.13. The van der Waals surface area contributed by atoms with Gasteiger partial charge in [0.15, 0.2) is 10.6 Å². The van der Waals surface area contributed by atoms with E-state index in [1.165, 1.54) is 10.6 Å². The second-order valence-electron chi connectivity index (χ2n) is 6.09. The van der Waals surface area contributed by atoms with E-state index in [-0.39, 0.29) is 5.91 Å². The number of aryl methyl sites for hydroxylation is 3. The van der Waals surface area contributed by atoms with Gasteiger partial charge in [-0.2, -0.15) is 0 Å². The van der Waals surface area contributed by atoms with Crippen molar-refractivity contribution >= 4 is 39.3 Å². The lowest BCUT2D eigenvalue weighted by atomic mass is 10.2.